The van der Waals surface area contributed by atoms with Gasteiger partial charge in [0, 0.05) is 6.42 Å². The van der Waals surface area contributed by atoms with Crippen LogP contribution in [0.25, 0.3) is 0 Å². The molecule has 0 saturated carbocycles. The van der Waals surface area contributed by atoms with Crippen LogP contribution in [0.1, 0.15) is 27.8 Å². The van der Waals surface area contributed by atoms with E-state index in [0.29, 0.717) is 6.61 Å². The van der Waals surface area contributed by atoms with Crippen LogP contribution in [0, 0.1) is 0 Å². The SMILES string of the molecule is C=CCOC(=O)[C@H](Cc1ccccc1)NC(=O)O[C@H]1O[C@H](COCc2ccccc2)[C@@H](OCc2ccccc2)[C@H](OCc2ccccc2)[C@H]1OCc1ccccc1. The smallest absolute Gasteiger partial charge is 0.410 e. The molecule has 1 N–H and O–H groups in total. The van der Waals surface area contributed by atoms with Crippen LogP contribution in [0.3, 0.4) is 0 Å². The predicted molar refractivity (Wildman–Crippen MR) is 215 cm³/mol. The van der Waals surface area contributed by atoms with Gasteiger partial charge in [-0.25, -0.2) is 9.59 Å². The summed E-state index contributed by atoms with van der Waals surface area (Å²) in [5.74, 6) is -0.636. The molecule has 6 atom stereocenters. The third-order valence-electron chi connectivity index (χ3n) is 9.27. The highest BCUT2D eigenvalue weighted by Gasteiger charge is 2.50. The molecule has 0 spiro atoms. The van der Waals surface area contributed by atoms with Crippen LogP contribution in [0.4, 0.5) is 4.79 Å². The number of carbonyl (C=O) groups is 2. The highest BCUT2D eigenvalue weighted by atomic mass is 16.7. The average molecular weight is 772 g/mol. The molecule has 1 saturated heterocycles. The van der Waals surface area contributed by atoms with Crippen molar-refractivity contribution in [3.05, 3.63) is 192 Å². The summed E-state index contributed by atoms with van der Waals surface area (Å²) in [6.07, 6.45) is -3.88. The number of esters is 1. The van der Waals surface area contributed by atoms with Gasteiger partial charge in [0.25, 0.3) is 0 Å². The minimum absolute atomic E-state index is 0.0164. The minimum Gasteiger partial charge on any atom is -0.460 e. The molecule has 1 heterocycles. The fourth-order valence-electron chi connectivity index (χ4n) is 6.41. The number of rotatable bonds is 20. The number of ether oxygens (including phenoxy) is 7. The van der Waals surface area contributed by atoms with Gasteiger partial charge in [-0.1, -0.05) is 164 Å². The molecule has 5 aromatic carbocycles. The third-order valence-corrected chi connectivity index (χ3v) is 9.27. The van der Waals surface area contributed by atoms with Gasteiger partial charge in [0.05, 0.1) is 33.0 Å². The Morgan fingerprint density at radius 3 is 1.53 bits per heavy atom. The van der Waals surface area contributed by atoms with E-state index in [2.05, 4.69) is 11.9 Å². The lowest BCUT2D eigenvalue weighted by Crippen LogP contribution is -2.62. The normalized spacial score (nSPS) is 19.5. The van der Waals surface area contributed by atoms with Crippen molar-refractivity contribution >= 4 is 12.1 Å². The zero-order valence-corrected chi connectivity index (χ0v) is 31.8. The predicted octanol–water partition coefficient (Wildman–Crippen LogP) is 7.75. The summed E-state index contributed by atoms with van der Waals surface area (Å²) < 4.78 is 44.4. The lowest BCUT2D eigenvalue weighted by Gasteiger charge is -2.45. The van der Waals surface area contributed by atoms with Gasteiger partial charge in [-0.05, 0) is 27.8 Å². The Morgan fingerprint density at radius 1 is 0.596 bits per heavy atom. The molecule has 0 unspecified atom stereocenters. The first-order valence-electron chi connectivity index (χ1n) is 19.1. The highest BCUT2D eigenvalue weighted by molar-refractivity contribution is 5.81. The number of carbonyl (C=O) groups excluding carboxylic acids is 2. The highest BCUT2D eigenvalue weighted by Crippen LogP contribution is 2.32. The molecule has 0 bridgehead atoms. The van der Waals surface area contributed by atoms with Crippen LogP contribution in [-0.2, 0) is 70.8 Å². The van der Waals surface area contributed by atoms with Crippen LogP contribution in [-0.4, -0.2) is 62.0 Å². The molecule has 0 radical (unpaired) electrons. The van der Waals surface area contributed by atoms with Gasteiger partial charge in [-0.2, -0.15) is 0 Å². The van der Waals surface area contributed by atoms with Gasteiger partial charge in [-0.15, -0.1) is 0 Å². The zero-order chi connectivity index (χ0) is 39.5. The van der Waals surface area contributed by atoms with Crippen molar-refractivity contribution < 1.29 is 42.7 Å². The molecular formula is C47H49NO9. The van der Waals surface area contributed by atoms with E-state index in [4.69, 9.17) is 33.2 Å². The van der Waals surface area contributed by atoms with Crippen molar-refractivity contribution in [2.45, 2.75) is 69.6 Å². The zero-order valence-electron chi connectivity index (χ0n) is 31.8. The summed E-state index contributed by atoms with van der Waals surface area (Å²) in [5, 5.41) is 2.72. The largest absolute Gasteiger partial charge is 0.460 e. The minimum atomic E-state index is -1.31. The third kappa shape index (κ3) is 13.0. The second kappa shape index (κ2) is 22.2. The topological polar surface area (TPSA) is 111 Å². The van der Waals surface area contributed by atoms with Crippen molar-refractivity contribution in [2.75, 3.05) is 13.2 Å². The standard InChI is InChI=1S/C47H49NO9/c1-2-28-52-45(49)40(29-35-18-8-3-9-19-35)48-47(50)57-46-44(55-33-39-26-16-7-17-27-39)43(54-32-38-24-14-6-15-25-38)42(53-31-37-22-12-5-13-23-37)41(56-46)34-51-30-36-20-10-4-11-21-36/h2-27,40-44,46H,1,28-34H2,(H,48,50)/t40-,41+,42+,43-,44+,46+/m0/s1. The maximum atomic E-state index is 13.9. The average Bonchev–Trinajstić information content (AvgIpc) is 3.25. The number of hydrogen-bond donors (Lipinski definition) is 1. The van der Waals surface area contributed by atoms with E-state index in [1.807, 2.05) is 152 Å². The second-order valence-corrected chi connectivity index (χ2v) is 13.5. The Hall–Kier alpha value is -5.62. The molecule has 0 aromatic heterocycles. The molecular weight excluding hydrogens is 723 g/mol. The van der Waals surface area contributed by atoms with Gasteiger partial charge in [0.2, 0.25) is 6.29 Å². The molecule has 1 aliphatic heterocycles. The van der Waals surface area contributed by atoms with E-state index < -0.39 is 48.8 Å². The van der Waals surface area contributed by atoms with Crippen molar-refractivity contribution in [3.63, 3.8) is 0 Å². The van der Waals surface area contributed by atoms with E-state index in [9.17, 15) is 9.59 Å². The van der Waals surface area contributed by atoms with Gasteiger partial charge >= 0.3 is 12.1 Å². The number of hydrogen-bond acceptors (Lipinski definition) is 9. The molecule has 6 rings (SSSR count). The van der Waals surface area contributed by atoms with Crippen molar-refractivity contribution in [1.82, 2.24) is 5.32 Å². The molecule has 296 valence electrons. The van der Waals surface area contributed by atoms with Crippen molar-refractivity contribution in [2.24, 2.45) is 0 Å². The molecule has 57 heavy (non-hydrogen) atoms. The number of amides is 1. The molecule has 10 heteroatoms. The Balaban J connectivity index is 1.30. The summed E-state index contributed by atoms with van der Waals surface area (Å²) in [4.78, 5) is 27.1. The molecule has 0 aliphatic carbocycles. The summed E-state index contributed by atoms with van der Waals surface area (Å²) in [6.45, 7) is 4.64. The van der Waals surface area contributed by atoms with Crippen molar-refractivity contribution in [3.8, 4) is 0 Å². The molecule has 1 fully saturated rings. The van der Waals surface area contributed by atoms with E-state index >= 15 is 0 Å². The Morgan fingerprint density at radius 2 is 1.04 bits per heavy atom. The monoisotopic (exact) mass is 771 g/mol. The van der Waals surface area contributed by atoms with Crippen LogP contribution in [0.15, 0.2) is 164 Å². The van der Waals surface area contributed by atoms with Gasteiger partial charge in [0.15, 0.2) is 0 Å². The van der Waals surface area contributed by atoms with Crippen LogP contribution < -0.4 is 5.32 Å². The number of nitrogens with one attached hydrogen (secondary N) is 1. The van der Waals surface area contributed by atoms with Crippen LogP contribution in [0.2, 0.25) is 0 Å². The first-order chi connectivity index (χ1) is 28.1. The van der Waals surface area contributed by atoms with Crippen LogP contribution >= 0.6 is 0 Å². The van der Waals surface area contributed by atoms with E-state index in [0.717, 1.165) is 27.8 Å². The first kappa shape index (κ1) is 41.0. The molecule has 1 amide bonds. The fourth-order valence-corrected chi connectivity index (χ4v) is 6.41. The first-order valence-corrected chi connectivity index (χ1v) is 19.1. The maximum absolute atomic E-state index is 13.9. The lowest BCUT2D eigenvalue weighted by atomic mass is 9.97. The molecule has 1 aliphatic rings. The van der Waals surface area contributed by atoms with Crippen LogP contribution in [0.5, 0.6) is 0 Å². The maximum Gasteiger partial charge on any atom is 0.410 e. The summed E-state index contributed by atoms with van der Waals surface area (Å²) >= 11 is 0. The second-order valence-electron chi connectivity index (χ2n) is 13.5. The summed E-state index contributed by atoms with van der Waals surface area (Å²) in [5.41, 5.74) is 4.58. The van der Waals surface area contributed by atoms with E-state index in [1.165, 1.54) is 6.08 Å². The molecule has 10 nitrogen and oxygen atoms in total. The number of benzene rings is 5. The van der Waals surface area contributed by atoms with Gasteiger partial charge in [-0.3, -0.25) is 0 Å². The Bertz CT molecular complexity index is 1920. The lowest BCUT2D eigenvalue weighted by molar-refractivity contribution is -0.315. The Labute approximate surface area is 334 Å². The number of alkyl carbamates (subject to hydrolysis) is 1. The van der Waals surface area contributed by atoms with E-state index in [-0.39, 0.29) is 39.5 Å². The molecule has 5 aromatic rings. The Kier molecular flexibility index (Phi) is 16.0. The van der Waals surface area contributed by atoms with Crippen molar-refractivity contribution in [1.29, 1.82) is 0 Å². The summed E-state index contributed by atoms with van der Waals surface area (Å²) in [7, 11) is 0. The van der Waals surface area contributed by atoms with Gasteiger partial charge < -0.3 is 38.5 Å². The summed E-state index contributed by atoms with van der Waals surface area (Å²) in [6, 6.07) is 47.3. The van der Waals surface area contributed by atoms with Gasteiger partial charge in [0.1, 0.15) is 37.1 Å². The van der Waals surface area contributed by atoms with E-state index in [1.54, 1.807) is 0 Å². The fraction of sp³-hybridized carbons (Fsp3) is 0.277. The quantitative estimate of drug-likeness (QED) is 0.0628.